The van der Waals surface area contributed by atoms with E-state index in [0.29, 0.717) is 26.2 Å². The van der Waals surface area contributed by atoms with E-state index in [1.165, 1.54) is 7.11 Å². The third-order valence-electron chi connectivity index (χ3n) is 3.73. The Morgan fingerprint density at radius 1 is 1.14 bits per heavy atom. The number of methoxy groups -OCH3 is 1. The van der Waals surface area contributed by atoms with Crippen molar-refractivity contribution in [3.8, 4) is 0 Å². The van der Waals surface area contributed by atoms with E-state index in [-0.39, 0.29) is 36.7 Å². The van der Waals surface area contributed by atoms with Gasteiger partial charge in [0.25, 0.3) is 0 Å². The summed E-state index contributed by atoms with van der Waals surface area (Å²) in [6, 6.07) is -0.0865. The lowest BCUT2D eigenvalue weighted by molar-refractivity contribution is -0.144. The Balaban J connectivity index is 1.73. The predicted octanol–water partition coefficient (Wildman–Crippen LogP) is -0.727. The van der Waals surface area contributed by atoms with Crippen LogP contribution in [0.3, 0.4) is 0 Å². The zero-order valence-corrected chi connectivity index (χ0v) is 13.0. The predicted molar refractivity (Wildman–Crippen MR) is 78.7 cm³/mol. The molecule has 2 rings (SSSR count). The summed E-state index contributed by atoms with van der Waals surface area (Å²) < 4.78 is 4.52. The molecule has 118 valence electrons. The molecule has 0 spiro atoms. The van der Waals surface area contributed by atoms with Crippen LogP contribution in [0.4, 0.5) is 0 Å². The van der Waals surface area contributed by atoms with Crippen molar-refractivity contribution in [2.75, 3.05) is 44.9 Å². The van der Waals surface area contributed by atoms with Crippen molar-refractivity contribution < 1.29 is 19.1 Å². The number of esters is 1. The van der Waals surface area contributed by atoms with Crippen LogP contribution < -0.4 is 5.32 Å². The molecule has 2 aliphatic rings. The zero-order chi connectivity index (χ0) is 15.2. The SMILES string of the molecule is COC(=O)CCC(=O)N1CCN(C(=O)C2CSCN2)CC1. The molecule has 2 heterocycles. The Morgan fingerprint density at radius 3 is 2.38 bits per heavy atom. The molecular weight excluding hydrogens is 294 g/mol. The van der Waals surface area contributed by atoms with Crippen molar-refractivity contribution in [3.63, 3.8) is 0 Å². The smallest absolute Gasteiger partial charge is 0.306 e. The molecule has 2 fully saturated rings. The van der Waals surface area contributed by atoms with Gasteiger partial charge in [-0.05, 0) is 0 Å². The second kappa shape index (κ2) is 7.65. The van der Waals surface area contributed by atoms with Gasteiger partial charge in [-0.15, -0.1) is 11.8 Å². The van der Waals surface area contributed by atoms with E-state index in [2.05, 4.69) is 10.1 Å². The molecule has 8 heteroatoms. The van der Waals surface area contributed by atoms with Crippen molar-refractivity contribution in [3.05, 3.63) is 0 Å². The average molecular weight is 315 g/mol. The fraction of sp³-hybridized carbons (Fsp3) is 0.769. The number of rotatable bonds is 4. The van der Waals surface area contributed by atoms with Crippen LogP contribution in [0.2, 0.25) is 0 Å². The van der Waals surface area contributed by atoms with E-state index in [1.54, 1.807) is 16.7 Å². The first-order valence-corrected chi connectivity index (χ1v) is 8.22. The Kier molecular flexibility index (Phi) is 5.86. The minimum Gasteiger partial charge on any atom is -0.469 e. The highest BCUT2D eigenvalue weighted by Gasteiger charge is 2.30. The zero-order valence-electron chi connectivity index (χ0n) is 12.2. The number of thioether (sulfide) groups is 1. The maximum Gasteiger partial charge on any atom is 0.306 e. The summed E-state index contributed by atoms with van der Waals surface area (Å²) in [6.07, 6.45) is 0.277. The molecule has 2 amide bonds. The Labute approximate surface area is 128 Å². The van der Waals surface area contributed by atoms with Gasteiger partial charge < -0.3 is 14.5 Å². The molecule has 2 saturated heterocycles. The highest BCUT2D eigenvalue weighted by atomic mass is 32.2. The van der Waals surface area contributed by atoms with Crippen molar-refractivity contribution in [1.29, 1.82) is 0 Å². The molecule has 0 aromatic carbocycles. The number of ether oxygens (including phenoxy) is 1. The van der Waals surface area contributed by atoms with Gasteiger partial charge in [-0.25, -0.2) is 0 Å². The molecule has 0 radical (unpaired) electrons. The first-order chi connectivity index (χ1) is 10.1. The lowest BCUT2D eigenvalue weighted by Crippen LogP contribution is -2.54. The summed E-state index contributed by atoms with van der Waals surface area (Å²) in [6.45, 7) is 2.19. The van der Waals surface area contributed by atoms with Gasteiger partial charge in [-0.3, -0.25) is 19.7 Å². The monoisotopic (exact) mass is 315 g/mol. The van der Waals surface area contributed by atoms with Crippen LogP contribution in [-0.2, 0) is 19.1 Å². The average Bonchev–Trinajstić information content (AvgIpc) is 3.06. The van der Waals surface area contributed by atoms with Crippen LogP contribution in [0, 0.1) is 0 Å². The van der Waals surface area contributed by atoms with Gasteiger partial charge in [-0.1, -0.05) is 0 Å². The van der Waals surface area contributed by atoms with Gasteiger partial charge in [0.15, 0.2) is 0 Å². The van der Waals surface area contributed by atoms with Crippen molar-refractivity contribution in [2.45, 2.75) is 18.9 Å². The molecule has 0 saturated carbocycles. The normalized spacial score (nSPS) is 22.2. The van der Waals surface area contributed by atoms with Crippen LogP contribution in [0.25, 0.3) is 0 Å². The number of carbonyl (C=O) groups excluding carboxylic acids is 3. The molecule has 7 nitrogen and oxygen atoms in total. The summed E-state index contributed by atoms with van der Waals surface area (Å²) in [5, 5.41) is 3.17. The van der Waals surface area contributed by atoms with Crippen molar-refractivity contribution in [1.82, 2.24) is 15.1 Å². The second-order valence-corrected chi connectivity index (χ2v) is 6.08. The number of hydrogen-bond acceptors (Lipinski definition) is 6. The van der Waals surface area contributed by atoms with Gasteiger partial charge in [-0.2, -0.15) is 0 Å². The summed E-state index contributed by atoms with van der Waals surface area (Å²) in [5.41, 5.74) is 0. The van der Waals surface area contributed by atoms with Crippen LogP contribution in [0.1, 0.15) is 12.8 Å². The number of amides is 2. The molecular formula is C13H21N3O4S. The fourth-order valence-corrected chi connectivity index (χ4v) is 3.35. The first kappa shape index (κ1) is 16.1. The Hall–Kier alpha value is -1.28. The van der Waals surface area contributed by atoms with Crippen molar-refractivity contribution in [2.24, 2.45) is 0 Å². The molecule has 0 bridgehead atoms. The van der Waals surface area contributed by atoms with Gasteiger partial charge in [0.05, 0.1) is 19.6 Å². The summed E-state index contributed by atoms with van der Waals surface area (Å²) in [5.74, 6) is 1.34. The highest BCUT2D eigenvalue weighted by Crippen LogP contribution is 2.14. The molecule has 1 N–H and O–H groups in total. The van der Waals surface area contributed by atoms with Gasteiger partial charge in [0.1, 0.15) is 0 Å². The molecule has 0 aliphatic carbocycles. The van der Waals surface area contributed by atoms with Crippen LogP contribution in [-0.4, -0.2) is 78.5 Å². The third-order valence-corrected chi connectivity index (χ3v) is 4.67. The largest absolute Gasteiger partial charge is 0.469 e. The van der Waals surface area contributed by atoms with E-state index >= 15 is 0 Å². The minimum absolute atomic E-state index is 0.0537. The molecule has 0 aromatic rings. The van der Waals surface area contributed by atoms with Crippen LogP contribution in [0.5, 0.6) is 0 Å². The third kappa shape index (κ3) is 4.34. The highest BCUT2D eigenvalue weighted by molar-refractivity contribution is 7.99. The van der Waals surface area contributed by atoms with Gasteiger partial charge >= 0.3 is 5.97 Å². The van der Waals surface area contributed by atoms with E-state index in [1.807, 2.05) is 4.90 Å². The van der Waals surface area contributed by atoms with E-state index in [9.17, 15) is 14.4 Å². The van der Waals surface area contributed by atoms with E-state index < -0.39 is 0 Å². The number of nitrogens with zero attached hydrogens (tertiary/aromatic N) is 2. The van der Waals surface area contributed by atoms with E-state index in [4.69, 9.17) is 0 Å². The number of piperazine rings is 1. The maximum atomic E-state index is 12.2. The van der Waals surface area contributed by atoms with Crippen molar-refractivity contribution >= 4 is 29.5 Å². The minimum atomic E-state index is -0.373. The van der Waals surface area contributed by atoms with Crippen LogP contribution >= 0.6 is 11.8 Å². The first-order valence-electron chi connectivity index (χ1n) is 7.06. The number of carbonyl (C=O) groups is 3. The summed E-state index contributed by atoms with van der Waals surface area (Å²) in [7, 11) is 1.31. The molecule has 21 heavy (non-hydrogen) atoms. The lowest BCUT2D eigenvalue weighted by atomic mass is 10.2. The topological polar surface area (TPSA) is 79.0 Å². The summed E-state index contributed by atoms with van der Waals surface area (Å²) in [4.78, 5) is 38.7. The Bertz CT molecular complexity index is 404. The molecule has 1 atom stereocenters. The van der Waals surface area contributed by atoms with Gasteiger partial charge in [0.2, 0.25) is 11.8 Å². The number of nitrogens with one attached hydrogen (secondary N) is 1. The lowest BCUT2D eigenvalue weighted by Gasteiger charge is -2.35. The molecule has 2 aliphatic heterocycles. The molecule has 1 unspecified atom stereocenters. The summed E-state index contributed by atoms with van der Waals surface area (Å²) >= 11 is 1.72. The fourth-order valence-electron chi connectivity index (χ4n) is 2.42. The second-order valence-electron chi connectivity index (χ2n) is 5.05. The number of hydrogen-bond donors (Lipinski definition) is 1. The van der Waals surface area contributed by atoms with Gasteiger partial charge in [0, 0.05) is 44.2 Å². The maximum absolute atomic E-state index is 12.2. The quantitative estimate of drug-likeness (QED) is 0.689. The van der Waals surface area contributed by atoms with Crippen LogP contribution in [0.15, 0.2) is 0 Å². The Morgan fingerprint density at radius 2 is 1.81 bits per heavy atom. The standard InChI is InChI=1S/C13H21N3O4S/c1-20-12(18)3-2-11(17)15-4-6-16(7-5-15)13(19)10-8-21-9-14-10/h10,14H,2-9H2,1H3. The van der Waals surface area contributed by atoms with E-state index in [0.717, 1.165) is 11.6 Å². The molecule has 0 aromatic heterocycles.